The summed E-state index contributed by atoms with van der Waals surface area (Å²) in [6.45, 7) is 1.98. The summed E-state index contributed by atoms with van der Waals surface area (Å²) < 4.78 is 2.18. The van der Waals surface area contributed by atoms with Crippen LogP contribution in [0.1, 0.15) is 37.3 Å². The van der Waals surface area contributed by atoms with E-state index in [4.69, 9.17) is 11.6 Å². The average molecular weight is 427 g/mol. The van der Waals surface area contributed by atoms with Crippen molar-refractivity contribution in [1.29, 1.82) is 0 Å². The van der Waals surface area contributed by atoms with Crippen molar-refractivity contribution < 1.29 is 4.79 Å². The molecule has 29 heavy (non-hydrogen) atoms. The highest BCUT2D eigenvalue weighted by Gasteiger charge is 2.26. The zero-order chi connectivity index (χ0) is 20.2. The molecule has 3 aromatic rings. The smallest absolute Gasteiger partial charge is 0.234 e. The van der Waals surface area contributed by atoms with Crippen molar-refractivity contribution in [2.75, 3.05) is 11.1 Å². The SMILES string of the molecule is Cc1ccccc1NC(=O)CSc1nnc(-c2ccccc2Cl)n1C1CCCC1. The van der Waals surface area contributed by atoms with Crippen molar-refractivity contribution in [2.45, 2.75) is 43.8 Å². The molecule has 5 nitrogen and oxygen atoms in total. The number of carbonyl (C=O) groups is 1. The highest BCUT2D eigenvalue weighted by molar-refractivity contribution is 7.99. The molecule has 0 spiro atoms. The van der Waals surface area contributed by atoms with Crippen molar-refractivity contribution in [3.05, 3.63) is 59.1 Å². The number of aryl methyl sites for hydroxylation is 1. The first kappa shape index (κ1) is 20.0. The van der Waals surface area contributed by atoms with Crippen molar-refractivity contribution in [2.24, 2.45) is 0 Å². The average Bonchev–Trinajstić information content (AvgIpc) is 3.38. The van der Waals surface area contributed by atoms with Gasteiger partial charge in [-0.3, -0.25) is 9.36 Å². The van der Waals surface area contributed by atoms with Crippen LogP contribution in [0.25, 0.3) is 11.4 Å². The molecule has 1 aliphatic carbocycles. The summed E-state index contributed by atoms with van der Waals surface area (Å²) in [7, 11) is 0. The van der Waals surface area contributed by atoms with Crippen molar-refractivity contribution in [1.82, 2.24) is 14.8 Å². The molecule has 0 unspecified atom stereocenters. The van der Waals surface area contributed by atoms with E-state index in [-0.39, 0.29) is 11.7 Å². The molecule has 1 fully saturated rings. The maximum absolute atomic E-state index is 12.5. The van der Waals surface area contributed by atoms with Gasteiger partial charge in [0.2, 0.25) is 5.91 Å². The van der Waals surface area contributed by atoms with E-state index in [0.717, 1.165) is 40.6 Å². The number of hydrogen-bond donors (Lipinski definition) is 1. The maximum atomic E-state index is 12.5. The summed E-state index contributed by atoms with van der Waals surface area (Å²) in [5, 5.41) is 13.3. The number of para-hydroxylation sites is 1. The Hall–Kier alpha value is -2.31. The van der Waals surface area contributed by atoms with Crippen molar-refractivity contribution >= 4 is 35.0 Å². The summed E-state index contributed by atoms with van der Waals surface area (Å²) >= 11 is 7.85. The van der Waals surface area contributed by atoms with Crippen LogP contribution in [0.3, 0.4) is 0 Å². The number of anilines is 1. The number of thioether (sulfide) groups is 1. The second-order valence-corrected chi connectivity index (χ2v) is 8.60. The molecule has 150 valence electrons. The molecule has 2 aromatic carbocycles. The molecule has 7 heteroatoms. The third-order valence-electron chi connectivity index (χ3n) is 5.22. The van der Waals surface area contributed by atoms with E-state index in [1.165, 1.54) is 24.6 Å². The minimum Gasteiger partial charge on any atom is -0.325 e. The second-order valence-electron chi connectivity index (χ2n) is 7.25. The van der Waals surface area contributed by atoms with E-state index in [1.807, 2.05) is 55.5 Å². The number of carbonyl (C=O) groups excluding carboxylic acids is 1. The molecule has 0 atom stereocenters. The first-order chi connectivity index (χ1) is 14.1. The van der Waals surface area contributed by atoms with Gasteiger partial charge < -0.3 is 5.32 Å². The van der Waals surface area contributed by atoms with Gasteiger partial charge in [-0.05, 0) is 43.5 Å². The monoisotopic (exact) mass is 426 g/mol. The number of benzene rings is 2. The first-order valence-corrected chi connectivity index (χ1v) is 11.2. The van der Waals surface area contributed by atoms with Crippen LogP contribution in [-0.2, 0) is 4.79 Å². The van der Waals surface area contributed by atoms with Crippen LogP contribution < -0.4 is 5.32 Å². The Morgan fingerprint density at radius 1 is 1.14 bits per heavy atom. The predicted molar refractivity (Wildman–Crippen MR) is 119 cm³/mol. The Morgan fingerprint density at radius 2 is 1.86 bits per heavy atom. The van der Waals surface area contributed by atoms with Gasteiger partial charge in [-0.15, -0.1) is 10.2 Å². The Morgan fingerprint density at radius 3 is 2.62 bits per heavy atom. The van der Waals surface area contributed by atoms with Crippen molar-refractivity contribution in [3.63, 3.8) is 0 Å². The third kappa shape index (κ3) is 4.49. The normalized spacial score (nSPS) is 14.3. The van der Waals surface area contributed by atoms with Gasteiger partial charge in [0.05, 0.1) is 10.8 Å². The molecule has 0 radical (unpaired) electrons. The van der Waals surface area contributed by atoms with Gasteiger partial charge in [-0.2, -0.15) is 0 Å². The first-order valence-electron chi connectivity index (χ1n) is 9.81. The van der Waals surface area contributed by atoms with Gasteiger partial charge in [0.15, 0.2) is 11.0 Å². The Labute approximate surface area is 179 Å². The van der Waals surface area contributed by atoms with Crippen LogP contribution >= 0.6 is 23.4 Å². The lowest BCUT2D eigenvalue weighted by Crippen LogP contribution is -2.16. The van der Waals surface area contributed by atoms with Crippen LogP contribution in [0, 0.1) is 6.92 Å². The molecule has 0 aliphatic heterocycles. The van der Waals surface area contributed by atoms with Crippen LogP contribution in [0.2, 0.25) is 5.02 Å². The molecule has 1 heterocycles. The summed E-state index contributed by atoms with van der Waals surface area (Å²) in [4.78, 5) is 12.5. The number of nitrogens with one attached hydrogen (secondary N) is 1. The van der Waals surface area contributed by atoms with Gasteiger partial charge >= 0.3 is 0 Å². The van der Waals surface area contributed by atoms with Crippen LogP contribution in [0.15, 0.2) is 53.7 Å². The molecule has 1 aromatic heterocycles. The lowest BCUT2D eigenvalue weighted by molar-refractivity contribution is -0.113. The van der Waals surface area contributed by atoms with E-state index in [1.54, 1.807) is 0 Å². The van der Waals surface area contributed by atoms with E-state index >= 15 is 0 Å². The van der Waals surface area contributed by atoms with E-state index in [0.29, 0.717) is 11.1 Å². The number of nitrogens with zero attached hydrogens (tertiary/aromatic N) is 3. The minimum atomic E-state index is -0.0513. The van der Waals surface area contributed by atoms with Crippen LogP contribution in [0.4, 0.5) is 5.69 Å². The van der Waals surface area contributed by atoms with Gasteiger partial charge in [0.25, 0.3) is 0 Å². The Bertz CT molecular complexity index is 1010. The number of halogens is 1. The van der Waals surface area contributed by atoms with E-state index in [9.17, 15) is 4.79 Å². The molecule has 1 amide bonds. The zero-order valence-corrected chi connectivity index (χ0v) is 17.8. The molecule has 0 bridgehead atoms. The number of amides is 1. The third-order valence-corrected chi connectivity index (χ3v) is 6.49. The van der Waals surface area contributed by atoms with Crippen LogP contribution in [-0.4, -0.2) is 26.4 Å². The Kier molecular flexibility index (Phi) is 6.21. The fourth-order valence-electron chi connectivity index (χ4n) is 3.72. The molecular formula is C22H23ClN4OS. The van der Waals surface area contributed by atoms with Crippen LogP contribution in [0.5, 0.6) is 0 Å². The lowest BCUT2D eigenvalue weighted by atomic mass is 10.2. The van der Waals surface area contributed by atoms with Gasteiger partial charge in [-0.25, -0.2) is 0 Å². The largest absolute Gasteiger partial charge is 0.325 e. The second kappa shape index (κ2) is 9.01. The maximum Gasteiger partial charge on any atom is 0.234 e. The predicted octanol–water partition coefficient (Wildman–Crippen LogP) is 5.75. The highest BCUT2D eigenvalue weighted by Crippen LogP contribution is 2.38. The standard InChI is InChI=1S/C22H23ClN4OS/c1-15-8-2-7-13-19(15)24-20(28)14-29-22-26-25-21(17-11-5-6-12-18(17)23)27(22)16-9-3-4-10-16/h2,5-8,11-13,16H,3-4,9-10,14H2,1H3,(H,24,28). The minimum absolute atomic E-state index is 0.0513. The lowest BCUT2D eigenvalue weighted by Gasteiger charge is -2.17. The number of hydrogen-bond acceptors (Lipinski definition) is 4. The van der Waals surface area contributed by atoms with E-state index in [2.05, 4.69) is 20.1 Å². The summed E-state index contributed by atoms with van der Waals surface area (Å²) in [5.74, 6) is 1.01. The van der Waals surface area contributed by atoms with Crippen molar-refractivity contribution in [3.8, 4) is 11.4 Å². The summed E-state index contributed by atoms with van der Waals surface area (Å²) in [6, 6.07) is 15.8. The summed E-state index contributed by atoms with van der Waals surface area (Å²) in [6.07, 6.45) is 4.59. The highest BCUT2D eigenvalue weighted by atomic mass is 35.5. The molecule has 1 saturated carbocycles. The number of rotatable bonds is 6. The number of aromatic nitrogens is 3. The van der Waals surface area contributed by atoms with Gasteiger partial charge in [-0.1, -0.05) is 66.5 Å². The quantitative estimate of drug-likeness (QED) is 0.509. The fraction of sp³-hybridized carbons (Fsp3) is 0.318. The topological polar surface area (TPSA) is 59.8 Å². The molecular weight excluding hydrogens is 404 g/mol. The summed E-state index contributed by atoms with van der Waals surface area (Å²) in [5.41, 5.74) is 2.76. The van der Waals surface area contributed by atoms with E-state index < -0.39 is 0 Å². The molecule has 0 saturated heterocycles. The van der Waals surface area contributed by atoms with Gasteiger partial charge in [0, 0.05) is 17.3 Å². The van der Waals surface area contributed by atoms with Gasteiger partial charge in [0.1, 0.15) is 0 Å². The molecule has 4 rings (SSSR count). The molecule has 1 aliphatic rings. The Balaban J connectivity index is 1.55. The fourth-order valence-corrected chi connectivity index (χ4v) is 4.75. The molecule has 1 N–H and O–H groups in total. The zero-order valence-electron chi connectivity index (χ0n) is 16.3.